The van der Waals surface area contributed by atoms with Gasteiger partial charge >= 0.3 is 6.18 Å². The molecule has 1 aliphatic rings. The van der Waals surface area contributed by atoms with Crippen molar-refractivity contribution in [3.8, 4) is 11.5 Å². The Kier molecular flexibility index (Phi) is 11.1. The minimum Gasteiger partial charge on any atom is -0.457 e. The molecule has 0 radical (unpaired) electrons. The van der Waals surface area contributed by atoms with Crippen molar-refractivity contribution in [3.05, 3.63) is 83.5 Å². The first-order chi connectivity index (χ1) is 18.1. The molecule has 3 rings (SSSR count). The van der Waals surface area contributed by atoms with Crippen LogP contribution < -0.4 is 26.0 Å². The number of carbonyl (C=O) groups excluding carboxylic acids is 3. The number of aromatic nitrogens is 1. The number of alkyl halides is 3. The molecule has 12 heteroatoms. The summed E-state index contributed by atoms with van der Waals surface area (Å²) in [7, 11) is 3.16. The number of pyridine rings is 1. The number of ether oxygens (including phenoxy) is 1. The van der Waals surface area contributed by atoms with E-state index in [4.69, 9.17) is 4.74 Å². The van der Waals surface area contributed by atoms with Gasteiger partial charge in [-0.15, -0.1) is 0 Å². The molecule has 202 valence electrons. The van der Waals surface area contributed by atoms with Crippen LogP contribution in [0, 0.1) is 0 Å². The van der Waals surface area contributed by atoms with Crippen molar-refractivity contribution in [3.63, 3.8) is 0 Å². The summed E-state index contributed by atoms with van der Waals surface area (Å²) >= 11 is 0. The zero-order chi connectivity index (χ0) is 28.1. The van der Waals surface area contributed by atoms with E-state index in [9.17, 15) is 27.6 Å². The van der Waals surface area contributed by atoms with Gasteiger partial charge in [0.15, 0.2) is 0 Å². The van der Waals surface area contributed by atoms with Gasteiger partial charge in [0.1, 0.15) is 17.2 Å². The van der Waals surface area contributed by atoms with Crippen LogP contribution in [0.25, 0.3) is 0 Å². The fourth-order valence-corrected chi connectivity index (χ4v) is 3.02. The molecule has 0 atom stereocenters. The second-order valence-corrected chi connectivity index (χ2v) is 7.58. The Bertz CT molecular complexity index is 1220. The van der Waals surface area contributed by atoms with Crippen molar-refractivity contribution in [1.82, 2.24) is 20.9 Å². The smallest absolute Gasteiger partial charge is 0.414 e. The van der Waals surface area contributed by atoms with Crippen LogP contribution in [-0.4, -0.2) is 43.5 Å². The Labute approximate surface area is 217 Å². The summed E-state index contributed by atoms with van der Waals surface area (Å²) in [5, 5.41) is 10.1. The standard InChI is InChI=1S/C14H13N3O3.C12H15F3N2O/c1-15-14(19)13-8-12(6-7-16-13)20-11-4-2-10(3-5-11)17-9-18;1-3-11(18)17-10-7-5-8(16-2)4-6-9(10)12(13,14)15/h2-9H,1H3,(H,15,19)(H,17,18);4-5,7,16H,3,6H2,1-2H3,(H,17,18). The summed E-state index contributed by atoms with van der Waals surface area (Å²) in [4.78, 5) is 36.9. The fraction of sp³-hybridized carbons (Fsp3) is 0.231. The molecule has 1 aromatic carbocycles. The van der Waals surface area contributed by atoms with E-state index in [1.807, 2.05) is 0 Å². The maximum atomic E-state index is 12.9. The number of halogens is 3. The van der Waals surface area contributed by atoms with E-state index in [0.29, 0.717) is 29.3 Å². The molecule has 38 heavy (non-hydrogen) atoms. The summed E-state index contributed by atoms with van der Waals surface area (Å²) in [5.74, 6) is 0.385. The number of amides is 3. The van der Waals surface area contributed by atoms with E-state index >= 15 is 0 Å². The molecule has 0 aliphatic heterocycles. The molecular formula is C26H28F3N5O4. The van der Waals surface area contributed by atoms with Crippen LogP contribution in [0.15, 0.2) is 77.8 Å². The zero-order valence-electron chi connectivity index (χ0n) is 21.0. The quantitative estimate of drug-likeness (QED) is 0.379. The lowest BCUT2D eigenvalue weighted by molar-refractivity contribution is -0.120. The second-order valence-electron chi connectivity index (χ2n) is 7.58. The van der Waals surface area contributed by atoms with Crippen LogP contribution in [-0.2, 0) is 9.59 Å². The summed E-state index contributed by atoms with van der Waals surface area (Å²) in [6, 6.07) is 10.1. The molecular weight excluding hydrogens is 503 g/mol. The van der Waals surface area contributed by atoms with Crippen LogP contribution in [0.4, 0.5) is 18.9 Å². The Morgan fingerprint density at radius 3 is 2.37 bits per heavy atom. The Balaban J connectivity index is 0.000000269. The summed E-state index contributed by atoms with van der Waals surface area (Å²) in [6.45, 7) is 1.58. The molecule has 0 saturated carbocycles. The summed E-state index contributed by atoms with van der Waals surface area (Å²) < 4.78 is 44.2. The summed E-state index contributed by atoms with van der Waals surface area (Å²) in [6.07, 6.45) is 1.72. The third kappa shape index (κ3) is 9.12. The van der Waals surface area contributed by atoms with Crippen molar-refractivity contribution in [2.45, 2.75) is 25.9 Å². The van der Waals surface area contributed by atoms with Crippen molar-refractivity contribution in [2.75, 3.05) is 19.4 Å². The van der Waals surface area contributed by atoms with Gasteiger partial charge in [-0.25, -0.2) is 0 Å². The second kappa shape index (κ2) is 14.2. The average Bonchev–Trinajstić information content (AvgIpc) is 3.12. The highest BCUT2D eigenvalue weighted by Gasteiger charge is 2.36. The Hall–Kier alpha value is -4.61. The van der Waals surface area contributed by atoms with E-state index in [0.717, 1.165) is 0 Å². The number of hydrogen-bond acceptors (Lipinski definition) is 6. The number of carbonyl (C=O) groups is 3. The van der Waals surface area contributed by atoms with Crippen molar-refractivity contribution in [2.24, 2.45) is 0 Å². The summed E-state index contributed by atoms with van der Waals surface area (Å²) in [5.41, 5.74) is 0.608. The highest BCUT2D eigenvalue weighted by molar-refractivity contribution is 5.92. The topological polar surface area (TPSA) is 121 Å². The highest BCUT2D eigenvalue weighted by Crippen LogP contribution is 2.32. The van der Waals surface area contributed by atoms with Gasteiger partial charge in [-0.2, -0.15) is 13.2 Å². The van der Waals surface area contributed by atoms with E-state index < -0.39 is 17.7 Å². The van der Waals surface area contributed by atoms with Gasteiger partial charge in [-0.1, -0.05) is 13.0 Å². The van der Waals surface area contributed by atoms with Crippen LogP contribution in [0.3, 0.4) is 0 Å². The molecule has 0 bridgehead atoms. The SMILES string of the molecule is CCC(=O)NC1=C(C(F)(F)F)CC=C(NC)C=C1.CNC(=O)c1cc(Oc2ccc(NC=O)cc2)ccn1. The predicted octanol–water partition coefficient (Wildman–Crippen LogP) is 4.19. The van der Waals surface area contributed by atoms with Crippen LogP contribution in [0.1, 0.15) is 30.3 Å². The molecule has 1 aromatic heterocycles. The first-order valence-electron chi connectivity index (χ1n) is 11.4. The van der Waals surface area contributed by atoms with E-state index in [1.165, 1.54) is 31.5 Å². The maximum absolute atomic E-state index is 12.9. The van der Waals surface area contributed by atoms with Gasteiger partial charge in [0.05, 0.1) is 5.57 Å². The van der Waals surface area contributed by atoms with Crippen molar-refractivity contribution in [1.29, 1.82) is 0 Å². The lowest BCUT2D eigenvalue weighted by Crippen LogP contribution is -2.25. The van der Waals surface area contributed by atoms with E-state index in [-0.39, 0.29) is 30.1 Å². The molecule has 4 N–H and O–H groups in total. The number of anilines is 1. The lowest BCUT2D eigenvalue weighted by atomic mass is 10.1. The number of likely N-dealkylation sites (N-methyl/N-ethyl adjacent to an activating group) is 1. The number of nitrogens with zero attached hydrogens (tertiary/aromatic N) is 1. The molecule has 1 aliphatic carbocycles. The molecule has 2 aromatic rings. The molecule has 0 spiro atoms. The molecule has 9 nitrogen and oxygen atoms in total. The lowest BCUT2D eigenvalue weighted by Gasteiger charge is -2.14. The zero-order valence-corrected chi connectivity index (χ0v) is 21.0. The fourth-order valence-electron chi connectivity index (χ4n) is 3.02. The van der Waals surface area contributed by atoms with Gasteiger partial charge in [0, 0.05) is 49.9 Å². The molecule has 1 heterocycles. The van der Waals surface area contributed by atoms with Gasteiger partial charge < -0.3 is 26.0 Å². The molecule has 0 fully saturated rings. The van der Waals surface area contributed by atoms with Gasteiger partial charge in [0.25, 0.3) is 5.91 Å². The molecule has 0 saturated heterocycles. The van der Waals surface area contributed by atoms with Crippen LogP contribution >= 0.6 is 0 Å². The Morgan fingerprint density at radius 2 is 1.79 bits per heavy atom. The van der Waals surface area contributed by atoms with Crippen LogP contribution in [0.5, 0.6) is 11.5 Å². The number of allylic oxidation sites excluding steroid dienone is 4. The van der Waals surface area contributed by atoms with Crippen molar-refractivity contribution >= 4 is 23.9 Å². The maximum Gasteiger partial charge on any atom is 0.414 e. The van der Waals surface area contributed by atoms with E-state index in [1.54, 1.807) is 50.4 Å². The highest BCUT2D eigenvalue weighted by atomic mass is 19.4. The largest absolute Gasteiger partial charge is 0.457 e. The van der Waals surface area contributed by atoms with Crippen molar-refractivity contribution < 1.29 is 32.3 Å². The van der Waals surface area contributed by atoms with E-state index in [2.05, 4.69) is 26.3 Å². The Morgan fingerprint density at radius 1 is 1.08 bits per heavy atom. The van der Waals surface area contributed by atoms with Gasteiger partial charge in [0.2, 0.25) is 12.3 Å². The number of nitrogens with one attached hydrogen (secondary N) is 4. The van der Waals surface area contributed by atoms with Crippen LogP contribution in [0.2, 0.25) is 0 Å². The monoisotopic (exact) mass is 531 g/mol. The molecule has 0 unspecified atom stereocenters. The molecule has 3 amide bonds. The first-order valence-corrected chi connectivity index (χ1v) is 11.4. The number of benzene rings is 1. The number of hydrogen-bond donors (Lipinski definition) is 4. The predicted molar refractivity (Wildman–Crippen MR) is 136 cm³/mol. The first kappa shape index (κ1) is 29.6. The minimum atomic E-state index is -4.46. The van der Waals surface area contributed by atoms with Gasteiger partial charge in [-0.3, -0.25) is 19.4 Å². The third-order valence-corrected chi connectivity index (χ3v) is 5.01. The minimum absolute atomic E-state index is 0.134. The van der Waals surface area contributed by atoms with Gasteiger partial charge in [-0.05, 0) is 48.9 Å². The average molecular weight is 532 g/mol. The number of rotatable bonds is 8. The third-order valence-electron chi connectivity index (χ3n) is 5.01. The normalized spacial score (nSPS) is 12.7.